The summed E-state index contributed by atoms with van der Waals surface area (Å²) >= 11 is 2.06. The molecule has 3 heterocycles. The van der Waals surface area contributed by atoms with E-state index in [-0.39, 0.29) is 5.60 Å². The number of ether oxygens (including phenoxy) is 1. The molecule has 1 atom stereocenters. The topological polar surface area (TPSA) is 21.3 Å². The van der Waals surface area contributed by atoms with Gasteiger partial charge in [-0.05, 0) is 38.0 Å². The summed E-state index contributed by atoms with van der Waals surface area (Å²) in [4.78, 5) is 0. The highest BCUT2D eigenvalue weighted by atomic mass is 32.2. The van der Waals surface area contributed by atoms with E-state index in [4.69, 9.17) is 4.74 Å². The van der Waals surface area contributed by atoms with Gasteiger partial charge in [-0.1, -0.05) is 11.1 Å². The second kappa shape index (κ2) is 4.11. The molecule has 3 saturated heterocycles. The fraction of sp³-hybridized carbons (Fsp3) is 0.833. The highest BCUT2D eigenvalue weighted by Crippen LogP contribution is 2.41. The third-order valence-corrected chi connectivity index (χ3v) is 5.08. The molecule has 0 aromatic rings. The van der Waals surface area contributed by atoms with Gasteiger partial charge in [0.05, 0.1) is 12.2 Å². The maximum absolute atomic E-state index is 6.04. The molecule has 3 aliphatic rings. The highest BCUT2D eigenvalue weighted by Gasteiger charge is 2.39. The molecule has 3 heteroatoms. The first-order chi connectivity index (χ1) is 7.38. The summed E-state index contributed by atoms with van der Waals surface area (Å²) in [5.41, 5.74) is 3.64. The summed E-state index contributed by atoms with van der Waals surface area (Å²) in [6.07, 6.45) is 4.95. The lowest BCUT2D eigenvalue weighted by molar-refractivity contribution is -0.0417. The Morgan fingerprint density at radius 1 is 1.27 bits per heavy atom. The normalized spacial score (nSPS) is 41.6. The second-order valence-corrected chi connectivity index (χ2v) is 6.00. The van der Waals surface area contributed by atoms with Crippen LogP contribution >= 0.6 is 11.8 Å². The van der Waals surface area contributed by atoms with Crippen molar-refractivity contribution in [2.45, 2.75) is 31.3 Å². The predicted octanol–water partition coefficient (Wildman–Crippen LogP) is 1.96. The molecule has 0 aliphatic carbocycles. The zero-order valence-electron chi connectivity index (χ0n) is 9.18. The average molecular weight is 225 g/mol. The Balaban J connectivity index is 1.78. The van der Waals surface area contributed by atoms with Gasteiger partial charge in [0, 0.05) is 12.3 Å². The molecular formula is C12H19NOS. The number of rotatable bonds is 0. The van der Waals surface area contributed by atoms with Gasteiger partial charge in [-0.3, -0.25) is 0 Å². The fourth-order valence-electron chi connectivity index (χ4n) is 2.93. The Morgan fingerprint density at radius 2 is 2.27 bits per heavy atom. The van der Waals surface area contributed by atoms with Crippen molar-refractivity contribution in [3.63, 3.8) is 0 Å². The van der Waals surface area contributed by atoms with Crippen molar-refractivity contribution >= 4 is 11.8 Å². The van der Waals surface area contributed by atoms with Gasteiger partial charge >= 0.3 is 0 Å². The van der Waals surface area contributed by atoms with Gasteiger partial charge in [0.15, 0.2) is 0 Å². The number of hydrogen-bond acceptors (Lipinski definition) is 3. The molecule has 0 amide bonds. The van der Waals surface area contributed by atoms with E-state index in [1.807, 2.05) is 0 Å². The summed E-state index contributed by atoms with van der Waals surface area (Å²) in [6.45, 7) is 3.28. The molecule has 0 aromatic heterocycles. The van der Waals surface area contributed by atoms with Crippen LogP contribution in [0, 0.1) is 0 Å². The van der Waals surface area contributed by atoms with Crippen LogP contribution in [-0.2, 0) is 4.74 Å². The fourth-order valence-corrected chi connectivity index (χ4v) is 4.29. The molecular weight excluding hydrogens is 206 g/mol. The van der Waals surface area contributed by atoms with Crippen molar-refractivity contribution < 1.29 is 4.74 Å². The van der Waals surface area contributed by atoms with Gasteiger partial charge in [-0.25, -0.2) is 0 Å². The molecule has 1 unspecified atom stereocenters. The summed E-state index contributed by atoms with van der Waals surface area (Å²) < 4.78 is 6.04. The Morgan fingerprint density at radius 3 is 3.00 bits per heavy atom. The smallest absolute Gasteiger partial charge is 0.0817 e. The zero-order valence-corrected chi connectivity index (χ0v) is 10.00. The maximum atomic E-state index is 6.04. The number of hydrogen-bond donors (Lipinski definition) is 1. The van der Waals surface area contributed by atoms with Crippen molar-refractivity contribution in [3.05, 3.63) is 11.1 Å². The summed E-state index contributed by atoms with van der Waals surface area (Å²) in [6, 6.07) is 0. The first kappa shape index (κ1) is 10.2. The third kappa shape index (κ3) is 1.97. The van der Waals surface area contributed by atoms with E-state index < -0.39 is 0 Å². The van der Waals surface area contributed by atoms with E-state index in [1.54, 1.807) is 11.1 Å². The van der Waals surface area contributed by atoms with E-state index in [9.17, 15) is 0 Å². The van der Waals surface area contributed by atoms with E-state index >= 15 is 0 Å². The van der Waals surface area contributed by atoms with Crippen molar-refractivity contribution in [3.8, 4) is 0 Å². The monoisotopic (exact) mass is 225 g/mol. The van der Waals surface area contributed by atoms with Gasteiger partial charge < -0.3 is 10.1 Å². The maximum Gasteiger partial charge on any atom is 0.0817 e. The minimum absolute atomic E-state index is 0.230. The summed E-state index contributed by atoms with van der Waals surface area (Å²) in [5, 5.41) is 3.44. The molecule has 3 aliphatic heterocycles. The molecule has 0 radical (unpaired) electrons. The van der Waals surface area contributed by atoms with Gasteiger partial charge in [0.1, 0.15) is 0 Å². The molecule has 0 aromatic carbocycles. The zero-order chi connectivity index (χ0) is 10.1. The van der Waals surface area contributed by atoms with Gasteiger partial charge in [-0.15, -0.1) is 0 Å². The van der Waals surface area contributed by atoms with Crippen LogP contribution in [0.15, 0.2) is 11.1 Å². The SMILES string of the molecule is C1CC(=C2CCOC3(CCSC3)C2)CN1. The van der Waals surface area contributed by atoms with Crippen LogP contribution in [0.4, 0.5) is 0 Å². The van der Waals surface area contributed by atoms with E-state index in [2.05, 4.69) is 17.1 Å². The van der Waals surface area contributed by atoms with Crippen LogP contribution in [0.25, 0.3) is 0 Å². The first-order valence-electron chi connectivity index (χ1n) is 6.00. The van der Waals surface area contributed by atoms with Crippen molar-refractivity contribution in [2.75, 3.05) is 31.2 Å². The lowest BCUT2D eigenvalue weighted by atomic mass is 9.87. The van der Waals surface area contributed by atoms with Gasteiger partial charge in [-0.2, -0.15) is 11.8 Å². The Kier molecular flexibility index (Phi) is 2.79. The summed E-state index contributed by atoms with van der Waals surface area (Å²) in [5.74, 6) is 2.51. The Labute approximate surface area is 95.8 Å². The van der Waals surface area contributed by atoms with E-state index in [1.165, 1.54) is 43.7 Å². The van der Waals surface area contributed by atoms with Crippen LogP contribution in [-0.4, -0.2) is 36.8 Å². The van der Waals surface area contributed by atoms with Crippen LogP contribution < -0.4 is 5.32 Å². The molecule has 84 valence electrons. The molecule has 1 N–H and O–H groups in total. The van der Waals surface area contributed by atoms with E-state index in [0.29, 0.717) is 0 Å². The highest BCUT2D eigenvalue weighted by molar-refractivity contribution is 7.99. The molecule has 3 rings (SSSR count). The predicted molar refractivity (Wildman–Crippen MR) is 64.4 cm³/mol. The lowest BCUT2D eigenvalue weighted by Gasteiger charge is -2.35. The van der Waals surface area contributed by atoms with Crippen LogP contribution in [0.1, 0.15) is 25.7 Å². The van der Waals surface area contributed by atoms with Crippen LogP contribution in [0.5, 0.6) is 0 Å². The molecule has 0 bridgehead atoms. The third-order valence-electron chi connectivity index (χ3n) is 3.86. The minimum Gasteiger partial charge on any atom is -0.373 e. The van der Waals surface area contributed by atoms with Crippen molar-refractivity contribution in [1.29, 1.82) is 0 Å². The average Bonchev–Trinajstić information content (AvgIpc) is 2.89. The number of thioether (sulfide) groups is 1. The molecule has 0 saturated carbocycles. The number of nitrogens with one attached hydrogen (secondary N) is 1. The summed E-state index contributed by atoms with van der Waals surface area (Å²) in [7, 11) is 0. The molecule has 1 spiro atoms. The standard InChI is InChI=1S/C12H19NOS/c1-4-13-8-11(1)10-2-5-14-12(7-10)3-6-15-9-12/h13H,1-9H2. The largest absolute Gasteiger partial charge is 0.373 e. The van der Waals surface area contributed by atoms with Crippen LogP contribution in [0.2, 0.25) is 0 Å². The lowest BCUT2D eigenvalue weighted by Crippen LogP contribution is -2.37. The van der Waals surface area contributed by atoms with E-state index in [0.717, 1.165) is 13.2 Å². The molecule has 15 heavy (non-hydrogen) atoms. The minimum atomic E-state index is 0.230. The van der Waals surface area contributed by atoms with Gasteiger partial charge in [0.2, 0.25) is 0 Å². The Hall–Kier alpha value is 0.01000. The quantitative estimate of drug-likeness (QED) is 0.637. The molecule has 2 nitrogen and oxygen atoms in total. The second-order valence-electron chi connectivity index (χ2n) is 4.89. The Bertz CT molecular complexity index is 273. The van der Waals surface area contributed by atoms with Crippen LogP contribution in [0.3, 0.4) is 0 Å². The van der Waals surface area contributed by atoms with Crippen molar-refractivity contribution in [2.24, 2.45) is 0 Å². The van der Waals surface area contributed by atoms with Gasteiger partial charge in [0.25, 0.3) is 0 Å². The first-order valence-corrected chi connectivity index (χ1v) is 7.16. The van der Waals surface area contributed by atoms with Crippen molar-refractivity contribution in [1.82, 2.24) is 5.32 Å². The molecule has 3 fully saturated rings.